The minimum absolute atomic E-state index is 0.106. The van der Waals surface area contributed by atoms with Gasteiger partial charge in [-0.05, 0) is 6.54 Å². The van der Waals surface area contributed by atoms with Crippen LogP contribution in [0.5, 0.6) is 0 Å². The van der Waals surface area contributed by atoms with Gasteiger partial charge in [-0.25, -0.2) is 4.68 Å². The molecule has 1 aromatic rings. The highest BCUT2D eigenvalue weighted by atomic mass is 16.5. The maximum absolute atomic E-state index is 12.3. The number of likely N-dealkylation sites (N-methyl/N-ethyl adjacent to an activating group) is 1. The fraction of sp³-hybridized carbons (Fsp3) is 0.750. The van der Waals surface area contributed by atoms with Crippen LogP contribution in [0.15, 0.2) is 12.4 Å². The van der Waals surface area contributed by atoms with Gasteiger partial charge in [-0.15, -0.1) is 5.10 Å². The Morgan fingerprint density at radius 2 is 2.26 bits per heavy atom. The normalized spacial score (nSPS) is 25.3. The molecule has 1 aromatic heterocycles. The Hall–Kier alpha value is -1.47. The number of morpholine rings is 1. The zero-order valence-electron chi connectivity index (χ0n) is 11.1. The number of hydrogen-bond acceptors (Lipinski definition) is 5. The number of hydrogen-bond donors (Lipinski definition) is 0. The summed E-state index contributed by atoms with van der Waals surface area (Å²) in [6.45, 7) is 6.75. The fourth-order valence-corrected chi connectivity index (χ4v) is 2.56. The van der Waals surface area contributed by atoms with Crippen molar-refractivity contribution >= 4 is 5.91 Å². The van der Waals surface area contributed by atoms with Gasteiger partial charge >= 0.3 is 0 Å². The van der Waals surface area contributed by atoms with E-state index in [1.807, 2.05) is 15.8 Å². The quantitative estimate of drug-likeness (QED) is 0.729. The van der Waals surface area contributed by atoms with Crippen LogP contribution in [0.1, 0.15) is 13.0 Å². The largest absolute Gasteiger partial charge is 0.366 e. The van der Waals surface area contributed by atoms with Crippen molar-refractivity contribution in [1.29, 1.82) is 0 Å². The Bertz CT molecular complexity index is 429. The molecule has 2 aliphatic heterocycles. The second-order valence-corrected chi connectivity index (χ2v) is 5.03. The molecule has 104 valence electrons. The highest BCUT2D eigenvalue weighted by Crippen LogP contribution is 2.22. The van der Waals surface area contributed by atoms with Crippen molar-refractivity contribution in [3.63, 3.8) is 0 Å². The second kappa shape index (κ2) is 5.26. The molecule has 0 N–H and O–H groups in total. The van der Waals surface area contributed by atoms with E-state index in [-0.39, 0.29) is 18.1 Å². The third kappa shape index (κ3) is 2.48. The van der Waals surface area contributed by atoms with Gasteiger partial charge in [0.15, 0.2) is 0 Å². The van der Waals surface area contributed by atoms with Crippen LogP contribution < -0.4 is 0 Å². The number of aromatic nitrogens is 3. The van der Waals surface area contributed by atoms with Crippen LogP contribution in [0.4, 0.5) is 0 Å². The van der Waals surface area contributed by atoms with E-state index in [1.54, 1.807) is 6.20 Å². The van der Waals surface area contributed by atoms with Gasteiger partial charge < -0.3 is 9.64 Å². The fourth-order valence-electron chi connectivity index (χ4n) is 2.56. The molecule has 0 bridgehead atoms. The SMILES string of the molecule is CCN1CCOC(C(=O)N2CC(n3ccnn3)C2)C1. The van der Waals surface area contributed by atoms with Gasteiger partial charge in [0.2, 0.25) is 0 Å². The standard InChI is InChI=1S/C12H19N5O2/c1-2-15-5-6-19-11(9-15)12(18)16-7-10(8-16)17-4-3-13-14-17/h3-4,10-11H,2,5-9H2,1H3. The zero-order valence-corrected chi connectivity index (χ0v) is 11.1. The molecule has 3 rings (SSSR count). The Labute approximate surface area is 112 Å². The monoisotopic (exact) mass is 265 g/mol. The Morgan fingerprint density at radius 1 is 1.42 bits per heavy atom. The van der Waals surface area contributed by atoms with E-state index in [9.17, 15) is 4.79 Å². The maximum atomic E-state index is 12.3. The predicted molar refractivity (Wildman–Crippen MR) is 67.5 cm³/mol. The second-order valence-electron chi connectivity index (χ2n) is 5.03. The van der Waals surface area contributed by atoms with Crippen LogP contribution in [-0.2, 0) is 9.53 Å². The van der Waals surface area contributed by atoms with Crippen LogP contribution in [0.25, 0.3) is 0 Å². The molecule has 0 aromatic carbocycles. The van der Waals surface area contributed by atoms with E-state index in [1.165, 1.54) is 0 Å². The molecule has 2 aliphatic rings. The Balaban J connectivity index is 1.52. The van der Waals surface area contributed by atoms with Crippen molar-refractivity contribution in [3.8, 4) is 0 Å². The van der Waals surface area contributed by atoms with E-state index in [4.69, 9.17) is 4.74 Å². The van der Waals surface area contributed by atoms with Crippen LogP contribution >= 0.6 is 0 Å². The lowest BCUT2D eigenvalue weighted by Gasteiger charge is -2.42. The third-order valence-corrected chi connectivity index (χ3v) is 3.86. The summed E-state index contributed by atoms with van der Waals surface area (Å²) in [6.07, 6.45) is 3.20. The first-order chi connectivity index (χ1) is 9.28. The van der Waals surface area contributed by atoms with Crippen LogP contribution in [-0.4, -0.2) is 76.1 Å². The lowest BCUT2D eigenvalue weighted by Crippen LogP contribution is -2.57. The summed E-state index contributed by atoms with van der Waals surface area (Å²) in [5.41, 5.74) is 0. The smallest absolute Gasteiger partial charge is 0.253 e. The lowest BCUT2D eigenvalue weighted by atomic mass is 10.1. The summed E-state index contributed by atoms with van der Waals surface area (Å²) in [7, 11) is 0. The highest BCUT2D eigenvalue weighted by Gasteiger charge is 2.37. The van der Waals surface area contributed by atoms with E-state index in [2.05, 4.69) is 22.1 Å². The summed E-state index contributed by atoms with van der Waals surface area (Å²) in [5, 5.41) is 7.74. The van der Waals surface area contributed by atoms with E-state index in [0.717, 1.165) is 13.1 Å². The molecular formula is C12H19N5O2. The molecule has 7 nitrogen and oxygen atoms in total. The molecule has 1 unspecified atom stereocenters. The molecule has 3 heterocycles. The molecule has 2 fully saturated rings. The van der Waals surface area contributed by atoms with E-state index >= 15 is 0 Å². The molecule has 0 spiro atoms. The van der Waals surface area contributed by atoms with Crippen molar-refractivity contribution in [3.05, 3.63) is 12.4 Å². The maximum Gasteiger partial charge on any atom is 0.253 e. The van der Waals surface area contributed by atoms with Crippen molar-refractivity contribution in [1.82, 2.24) is 24.8 Å². The first-order valence-corrected chi connectivity index (χ1v) is 6.76. The predicted octanol–water partition coefficient (Wildman–Crippen LogP) is -0.618. The topological polar surface area (TPSA) is 63.5 Å². The summed E-state index contributed by atoms with van der Waals surface area (Å²) in [5.74, 6) is 0.106. The summed E-state index contributed by atoms with van der Waals surface area (Å²) in [4.78, 5) is 16.4. The molecule has 0 aliphatic carbocycles. The molecule has 2 saturated heterocycles. The van der Waals surface area contributed by atoms with Gasteiger partial charge in [0.1, 0.15) is 6.10 Å². The minimum atomic E-state index is -0.301. The van der Waals surface area contributed by atoms with Crippen molar-refractivity contribution in [2.45, 2.75) is 19.1 Å². The Kier molecular flexibility index (Phi) is 3.48. The molecule has 1 amide bonds. The number of nitrogens with zero attached hydrogens (tertiary/aromatic N) is 5. The van der Waals surface area contributed by atoms with Crippen molar-refractivity contribution in [2.75, 3.05) is 39.3 Å². The average molecular weight is 265 g/mol. The van der Waals surface area contributed by atoms with Crippen LogP contribution in [0.3, 0.4) is 0 Å². The number of carbonyl (C=O) groups is 1. The number of amides is 1. The molecular weight excluding hydrogens is 246 g/mol. The number of rotatable bonds is 3. The van der Waals surface area contributed by atoms with E-state index < -0.39 is 0 Å². The summed E-state index contributed by atoms with van der Waals surface area (Å²) < 4.78 is 7.40. The number of carbonyl (C=O) groups excluding carboxylic acids is 1. The van der Waals surface area contributed by atoms with Gasteiger partial charge in [0, 0.05) is 32.4 Å². The van der Waals surface area contributed by atoms with Crippen LogP contribution in [0.2, 0.25) is 0 Å². The summed E-state index contributed by atoms with van der Waals surface area (Å²) in [6, 6.07) is 0.261. The Morgan fingerprint density at radius 3 is 2.95 bits per heavy atom. The van der Waals surface area contributed by atoms with Gasteiger partial charge in [-0.1, -0.05) is 12.1 Å². The first-order valence-electron chi connectivity index (χ1n) is 6.76. The average Bonchev–Trinajstić information content (AvgIpc) is 2.91. The third-order valence-electron chi connectivity index (χ3n) is 3.86. The molecule has 19 heavy (non-hydrogen) atoms. The summed E-state index contributed by atoms with van der Waals surface area (Å²) >= 11 is 0. The molecule has 7 heteroatoms. The van der Waals surface area contributed by atoms with Crippen molar-refractivity contribution < 1.29 is 9.53 Å². The lowest BCUT2D eigenvalue weighted by molar-refractivity contribution is -0.155. The minimum Gasteiger partial charge on any atom is -0.366 e. The van der Waals surface area contributed by atoms with Gasteiger partial charge in [0.05, 0.1) is 18.8 Å². The number of likely N-dealkylation sites (tertiary alicyclic amines) is 1. The van der Waals surface area contributed by atoms with Gasteiger partial charge in [-0.3, -0.25) is 9.69 Å². The van der Waals surface area contributed by atoms with Crippen LogP contribution in [0, 0.1) is 0 Å². The molecule has 1 atom stereocenters. The van der Waals surface area contributed by atoms with E-state index in [0.29, 0.717) is 26.2 Å². The molecule has 0 radical (unpaired) electrons. The van der Waals surface area contributed by atoms with Gasteiger partial charge in [-0.2, -0.15) is 0 Å². The van der Waals surface area contributed by atoms with Crippen molar-refractivity contribution in [2.24, 2.45) is 0 Å². The van der Waals surface area contributed by atoms with Gasteiger partial charge in [0.25, 0.3) is 5.91 Å². The highest BCUT2D eigenvalue weighted by molar-refractivity contribution is 5.82. The first kappa shape index (κ1) is 12.6. The number of ether oxygens (including phenoxy) is 1. The molecule has 0 saturated carbocycles. The zero-order chi connectivity index (χ0) is 13.2.